The molecule has 0 fully saturated rings. The summed E-state index contributed by atoms with van der Waals surface area (Å²) in [4.78, 5) is 1.06. The van der Waals surface area contributed by atoms with Gasteiger partial charge in [0.05, 0.1) is 0 Å². The third-order valence-corrected chi connectivity index (χ3v) is 6.62. The number of rotatable bonds is 8. The first-order chi connectivity index (χ1) is 10.9. The summed E-state index contributed by atoms with van der Waals surface area (Å²) in [5.41, 5.74) is 1.20. The molecule has 4 nitrogen and oxygen atoms in total. The zero-order valence-electron chi connectivity index (χ0n) is 13.7. The summed E-state index contributed by atoms with van der Waals surface area (Å²) in [6.07, 6.45) is 0.843. The Labute approximate surface area is 142 Å². The van der Waals surface area contributed by atoms with E-state index < -0.39 is 10.0 Å². The number of benzene rings is 1. The Bertz CT molecular complexity index is 736. The number of thiophene rings is 1. The second kappa shape index (κ2) is 7.95. The zero-order chi connectivity index (χ0) is 16.9. The maximum absolute atomic E-state index is 12.2. The molecular weight excluding hydrogens is 330 g/mol. The van der Waals surface area contributed by atoms with E-state index in [1.165, 1.54) is 16.9 Å². The van der Waals surface area contributed by atoms with Crippen LogP contribution in [-0.4, -0.2) is 21.6 Å². The van der Waals surface area contributed by atoms with Gasteiger partial charge in [-0.25, -0.2) is 13.1 Å². The minimum atomic E-state index is -3.44. The van der Waals surface area contributed by atoms with Gasteiger partial charge in [-0.05, 0) is 42.2 Å². The summed E-state index contributed by atoms with van der Waals surface area (Å²) < 4.78 is 32.9. The van der Waals surface area contributed by atoms with Gasteiger partial charge in [-0.1, -0.05) is 32.9 Å². The molecule has 1 aromatic carbocycles. The van der Waals surface area contributed by atoms with E-state index >= 15 is 0 Å². The van der Waals surface area contributed by atoms with E-state index in [1.807, 2.05) is 31.2 Å². The first kappa shape index (κ1) is 18.0. The molecule has 0 unspecified atom stereocenters. The summed E-state index contributed by atoms with van der Waals surface area (Å²) >= 11 is 1.31. The summed E-state index contributed by atoms with van der Waals surface area (Å²) in [5.74, 6) is 1.20. The lowest BCUT2D eigenvalue weighted by Crippen LogP contribution is -2.27. The molecule has 6 heteroatoms. The van der Waals surface area contributed by atoms with Crippen LogP contribution in [-0.2, 0) is 16.4 Å². The van der Waals surface area contributed by atoms with Crippen molar-refractivity contribution in [2.45, 2.75) is 37.3 Å². The van der Waals surface area contributed by atoms with E-state index in [1.54, 1.807) is 6.07 Å². The van der Waals surface area contributed by atoms with Crippen molar-refractivity contribution in [1.29, 1.82) is 0 Å². The number of hydrogen-bond acceptors (Lipinski definition) is 4. The van der Waals surface area contributed by atoms with Crippen LogP contribution in [0.3, 0.4) is 0 Å². The van der Waals surface area contributed by atoms with Gasteiger partial charge < -0.3 is 4.74 Å². The highest BCUT2D eigenvalue weighted by molar-refractivity contribution is 7.91. The third-order valence-electron chi connectivity index (χ3n) is 3.44. The number of nitrogens with one attached hydrogen (secondary N) is 1. The van der Waals surface area contributed by atoms with E-state index in [9.17, 15) is 8.42 Å². The van der Waals surface area contributed by atoms with Crippen LogP contribution in [0.25, 0.3) is 0 Å². The molecule has 1 heterocycles. The highest BCUT2D eigenvalue weighted by Crippen LogP contribution is 2.22. The lowest BCUT2D eigenvalue weighted by Gasteiger charge is -2.10. The Morgan fingerprint density at radius 2 is 2.00 bits per heavy atom. The van der Waals surface area contributed by atoms with Crippen molar-refractivity contribution >= 4 is 21.4 Å². The summed E-state index contributed by atoms with van der Waals surface area (Å²) in [6, 6.07) is 11.4. The van der Waals surface area contributed by atoms with Crippen molar-refractivity contribution in [2.75, 3.05) is 13.2 Å². The Hall–Kier alpha value is -1.37. The van der Waals surface area contributed by atoms with Gasteiger partial charge in [0.15, 0.2) is 0 Å². The second-order valence-corrected chi connectivity index (χ2v) is 8.71. The summed E-state index contributed by atoms with van der Waals surface area (Å²) in [6.45, 7) is 6.80. The molecule has 0 aliphatic carbocycles. The maximum atomic E-state index is 12.2. The zero-order valence-corrected chi connectivity index (χ0v) is 15.3. The molecule has 1 N–H and O–H groups in total. The molecule has 126 valence electrons. The molecule has 0 spiro atoms. The normalized spacial score (nSPS) is 11.8. The number of aryl methyl sites for hydroxylation is 1. The van der Waals surface area contributed by atoms with Crippen molar-refractivity contribution < 1.29 is 13.2 Å². The van der Waals surface area contributed by atoms with Crippen molar-refractivity contribution in [2.24, 2.45) is 0 Å². The van der Waals surface area contributed by atoms with Gasteiger partial charge in [0.1, 0.15) is 16.6 Å². The van der Waals surface area contributed by atoms with Gasteiger partial charge in [-0.2, -0.15) is 0 Å². The minimum Gasteiger partial charge on any atom is -0.492 e. The Kier molecular flexibility index (Phi) is 6.21. The quantitative estimate of drug-likeness (QED) is 0.735. The third kappa shape index (κ3) is 5.06. The maximum Gasteiger partial charge on any atom is 0.250 e. The van der Waals surface area contributed by atoms with Crippen molar-refractivity contribution in [3.8, 4) is 5.75 Å². The molecule has 0 aliphatic rings. The molecule has 2 aromatic rings. The van der Waals surface area contributed by atoms with Crippen LogP contribution in [0.4, 0.5) is 0 Å². The van der Waals surface area contributed by atoms with E-state index in [-0.39, 0.29) is 6.54 Å². The molecule has 2 rings (SSSR count). The summed E-state index contributed by atoms with van der Waals surface area (Å²) in [5, 5.41) is 0. The smallest absolute Gasteiger partial charge is 0.250 e. The van der Waals surface area contributed by atoms with Crippen molar-refractivity contribution in [3.63, 3.8) is 0 Å². The molecule has 0 radical (unpaired) electrons. The predicted octanol–water partition coefficient (Wildman–Crippen LogP) is 3.79. The molecule has 0 saturated heterocycles. The Morgan fingerprint density at radius 1 is 1.22 bits per heavy atom. The fourth-order valence-electron chi connectivity index (χ4n) is 2.07. The van der Waals surface area contributed by atoms with Gasteiger partial charge in [-0.3, -0.25) is 0 Å². The largest absolute Gasteiger partial charge is 0.492 e. The topological polar surface area (TPSA) is 55.4 Å². The summed E-state index contributed by atoms with van der Waals surface area (Å²) in [7, 11) is -3.44. The average molecular weight is 354 g/mol. The van der Waals surface area contributed by atoms with E-state index in [0.29, 0.717) is 16.7 Å². The van der Waals surface area contributed by atoms with Crippen LogP contribution in [0.15, 0.2) is 40.6 Å². The molecular formula is C17H23NO3S2. The van der Waals surface area contributed by atoms with Gasteiger partial charge in [0.2, 0.25) is 10.0 Å². The fraction of sp³-hybridized carbons (Fsp3) is 0.412. The van der Waals surface area contributed by atoms with E-state index in [4.69, 9.17) is 4.74 Å². The molecule has 23 heavy (non-hydrogen) atoms. The molecule has 0 aliphatic heterocycles. The monoisotopic (exact) mass is 353 g/mol. The molecule has 1 aromatic heterocycles. The molecule has 0 amide bonds. The van der Waals surface area contributed by atoms with Crippen LogP contribution in [0.5, 0.6) is 5.75 Å². The standard InChI is InChI=1S/C17H23NO3S2/c1-4-16-8-9-17(22-16)23(19,20)18-10-11-21-15-7-5-6-14(12-15)13(2)3/h5-9,12-13,18H,4,10-11H2,1-3H3. The van der Waals surface area contributed by atoms with Crippen molar-refractivity contribution in [3.05, 3.63) is 46.8 Å². The second-order valence-electron chi connectivity index (χ2n) is 5.55. The highest BCUT2D eigenvalue weighted by atomic mass is 32.2. The SMILES string of the molecule is CCc1ccc(S(=O)(=O)NCCOc2cccc(C(C)C)c2)s1. The minimum absolute atomic E-state index is 0.244. The van der Waals surface area contributed by atoms with Gasteiger partial charge in [0.25, 0.3) is 0 Å². The van der Waals surface area contributed by atoms with Crippen molar-refractivity contribution in [1.82, 2.24) is 4.72 Å². The van der Waals surface area contributed by atoms with E-state index in [0.717, 1.165) is 17.0 Å². The van der Waals surface area contributed by atoms with E-state index in [2.05, 4.69) is 24.6 Å². The fourth-order valence-corrected chi connectivity index (χ4v) is 4.43. The average Bonchev–Trinajstić information content (AvgIpc) is 3.02. The lowest BCUT2D eigenvalue weighted by atomic mass is 10.0. The van der Waals surface area contributed by atoms with Crippen LogP contribution in [0.2, 0.25) is 0 Å². The predicted molar refractivity (Wildman–Crippen MR) is 94.9 cm³/mol. The van der Waals surface area contributed by atoms with Crippen LogP contribution >= 0.6 is 11.3 Å². The number of hydrogen-bond donors (Lipinski definition) is 1. The Morgan fingerprint density at radius 3 is 2.65 bits per heavy atom. The highest BCUT2D eigenvalue weighted by Gasteiger charge is 2.15. The number of ether oxygens (including phenoxy) is 1. The lowest BCUT2D eigenvalue weighted by molar-refractivity contribution is 0.322. The first-order valence-corrected chi connectivity index (χ1v) is 10.0. The van der Waals surface area contributed by atoms with Crippen LogP contribution in [0, 0.1) is 0 Å². The molecule has 0 bridgehead atoms. The van der Waals surface area contributed by atoms with Gasteiger partial charge in [-0.15, -0.1) is 11.3 Å². The molecule has 0 saturated carbocycles. The van der Waals surface area contributed by atoms with Gasteiger partial charge >= 0.3 is 0 Å². The molecule has 0 atom stereocenters. The van der Waals surface area contributed by atoms with Crippen LogP contribution < -0.4 is 9.46 Å². The number of sulfonamides is 1. The Balaban J connectivity index is 1.86. The van der Waals surface area contributed by atoms with Crippen LogP contribution in [0.1, 0.15) is 37.1 Å². The van der Waals surface area contributed by atoms with Gasteiger partial charge in [0, 0.05) is 11.4 Å². The first-order valence-electron chi connectivity index (χ1n) is 7.73.